The number of carbonyl (C=O) groups excluding carboxylic acids is 1. The molecule has 2 heterocycles. The SMILES string of the molecule is O=C(O)CC1CCCN1C(=O)C1CC12CCNCC2. The molecule has 5 heteroatoms. The molecule has 3 fully saturated rings. The molecule has 1 amide bonds. The lowest BCUT2D eigenvalue weighted by atomic mass is 9.91. The summed E-state index contributed by atoms with van der Waals surface area (Å²) >= 11 is 0. The number of nitrogens with one attached hydrogen (secondary N) is 1. The van der Waals surface area contributed by atoms with E-state index in [4.69, 9.17) is 5.11 Å². The van der Waals surface area contributed by atoms with Crippen LogP contribution in [0.3, 0.4) is 0 Å². The minimum Gasteiger partial charge on any atom is -0.481 e. The van der Waals surface area contributed by atoms with Crippen molar-refractivity contribution in [2.24, 2.45) is 11.3 Å². The number of likely N-dealkylation sites (tertiary alicyclic amines) is 1. The number of nitrogens with zero attached hydrogens (tertiary/aromatic N) is 1. The zero-order chi connectivity index (χ0) is 13.5. The lowest BCUT2D eigenvalue weighted by Crippen LogP contribution is -2.40. The van der Waals surface area contributed by atoms with Crippen LogP contribution in [0, 0.1) is 11.3 Å². The summed E-state index contributed by atoms with van der Waals surface area (Å²) < 4.78 is 0. The fraction of sp³-hybridized carbons (Fsp3) is 0.857. The molecule has 2 atom stereocenters. The van der Waals surface area contributed by atoms with Crippen molar-refractivity contribution in [3.63, 3.8) is 0 Å². The average Bonchev–Trinajstić information content (AvgIpc) is 2.86. The maximum atomic E-state index is 12.6. The molecule has 0 aromatic rings. The minimum absolute atomic E-state index is 0.0654. The van der Waals surface area contributed by atoms with Crippen LogP contribution in [0.1, 0.15) is 38.5 Å². The third kappa shape index (κ3) is 2.36. The van der Waals surface area contributed by atoms with Crippen LogP contribution in [0.5, 0.6) is 0 Å². The molecule has 1 aliphatic carbocycles. The Bertz CT molecular complexity index is 390. The summed E-state index contributed by atoms with van der Waals surface area (Å²) in [4.78, 5) is 25.3. The number of amides is 1. The lowest BCUT2D eigenvalue weighted by molar-refractivity contribution is -0.140. The smallest absolute Gasteiger partial charge is 0.305 e. The number of hydrogen-bond donors (Lipinski definition) is 2. The van der Waals surface area contributed by atoms with Gasteiger partial charge in [0.25, 0.3) is 0 Å². The van der Waals surface area contributed by atoms with Gasteiger partial charge in [0.2, 0.25) is 5.91 Å². The second-order valence-electron chi connectivity index (χ2n) is 6.29. The predicted molar refractivity (Wildman–Crippen MR) is 69.6 cm³/mol. The fourth-order valence-corrected chi connectivity index (χ4v) is 3.91. The molecule has 19 heavy (non-hydrogen) atoms. The minimum atomic E-state index is -0.794. The van der Waals surface area contributed by atoms with Gasteiger partial charge in [-0.3, -0.25) is 9.59 Å². The molecule has 1 saturated carbocycles. The third-order valence-corrected chi connectivity index (χ3v) is 5.16. The van der Waals surface area contributed by atoms with E-state index in [1.807, 2.05) is 4.90 Å². The van der Waals surface area contributed by atoms with E-state index in [1.54, 1.807) is 0 Å². The lowest BCUT2D eigenvalue weighted by Gasteiger charge is -2.27. The molecule has 2 unspecified atom stereocenters. The molecule has 5 nitrogen and oxygen atoms in total. The van der Waals surface area contributed by atoms with Crippen LogP contribution in [-0.2, 0) is 9.59 Å². The maximum Gasteiger partial charge on any atom is 0.305 e. The first kappa shape index (κ1) is 12.9. The van der Waals surface area contributed by atoms with E-state index in [9.17, 15) is 9.59 Å². The Balaban J connectivity index is 1.63. The Morgan fingerprint density at radius 1 is 1.32 bits per heavy atom. The van der Waals surface area contributed by atoms with Crippen molar-refractivity contribution in [3.8, 4) is 0 Å². The number of piperidine rings is 1. The van der Waals surface area contributed by atoms with Gasteiger partial charge in [-0.2, -0.15) is 0 Å². The van der Waals surface area contributed by atoms with E-state index in [0.717, 1.165) is 51.7 Å². The highest BCUT2D eigenvalue weighted by Gasteiger charge is 2.59. The van der Waals surface area contributed by atoms with Gasteiger partial charge >= 0.3 is 5.97 Å². The standard InChI is InChI=1S/C14H22N2O3/c17-12(18)8-10-2-1-7-16(10)13(19)11-9-14(11)3-5-15-6-4-14/h10-11,15H,1-9H2,(H,17,18). The first-order valence-corrected chi connectivity index (χ1v) is 7.35. The Morgan fingerprint density at radius 2 is 2.05 bits per heavy atom. The first-order chi connectivity index (χ1) is 9.12. The zero-order valence-electron chi connectivity index (χ0n) is 11.2. The molecule has 0 bridgehead atoms. The Morgan fingerprint density at radius 3 is 2.74 bits per heavy atom. The molecule has 0 radical (unpaired) electrons. The highest BCUT2D eigenvalue weighted by molar-refractivity contribution is 5.84. The van der Waals surface area contributed by atoms with Crippen LogP contribution >= 0.6 is 0 Å². The van der Waals surface area contributed by atoms with Crippen molar-refractivity contribution in [2.75, 3.05) is 19.6 Å². The molecule has 2 aliphatic heterocycles. The Hall–Kier alpha value is -1.10. The maximum absolute atomic E-state index is 12.6. The summed E-state index contributed by atoms with van der Waals surface area (Å²) in [5.74, 6) is -0.397. The topological polar surface area (TPSA) is 69.6 Å². The van der Waals surface area contributed by atoms with Crippen molar-refractivity contribution < 1.29 is 14.7 Å². The molecule has 106 valence electrons. The molecule has 0 aromatic carbocycles. The van der Waals surface area contributed by atoms with Crippen molar-refractivity contribution >= 4 is 11.9 Å². The molecular weight excluding hydrogens is 244 g/mol. The molecule has 3 aliphatic rings. The quantitative estimate of drug-likeness (QED) is 0.794. The largest absolute Gasteiger partial charge is 0.481 e. The van der Waals surface area contributed by atoms with Crippen molar-refractivity contribution in [1.29, 1.82) is 0 Å². The molecule has 3 rings (SSSR count). The van der Waals surface area contributed by atoms with Gasteiger partial charge in [0.15, 0.2) is 0 Å². The molecule has 0 aromatic heterocycles. The van der Waals surface area contributed by atoms with E-state index in [0.29, 0.717) is 0 Å². The van der Waals surface area contributed by atoms with E-state index < -0.39 is 5.97 Å². The average molecular weight is 266 g/mol. The van der Waals surface area contributed by atoms with Gasteiger partial charge in [-0.15, -0.1) is 0 Å². The second-order valence-corrected chi connectivity index (χ2v) is 6.29. The van der Waals surface area contributed by atoms with Crippen molar-refractivity contribution in [1.82, 2.24) is 10.2 Å². The number of rotatable bonds is 3. The van der Waals surface area contributed by atoms with Gasteiger partial charge in [-0.25, -0.2) is 0 Å². The number of carboxylic acids is 1. The van der Waals surface area contributed by atoms with Crippen molar-refractivity contribution in [2.45, 2.75) is 44.6 Å². The molecule has 1 spiro atoms. The number of aliphatic carboxylic acids is 1. The van der Waals surface area contributed by atoms with Crippen LogP contribution in [0.15, 0.2) is 0 Å². The number of carbonyl (C=O) groups is 2. The second kappa shape index (κ2) is 4.78. The normalized spacial score (nSPS) is 32.5. The Kier molecular flexibility index (Phi) is 3.25. The fourth-order valence-electron chi connectivity index (χ4n) is 3.91. The summed E-state index contributed by atoms with van der Waals surface area (Å²) in [6, 6.07) is -0.0654. The van der Waals surface area contributed by atoms with E-state index in [1.165, 1.54) is 0 Å². The van der Waals surface area contributed by atoms with Gasteiger partial charge in [-0.1, -0.05) is 0 Å². The first-order valence-electron chi connectivity index (χ1n) is 7.35. The monoisotopic (exact) mass is 266 g/mol. The molecule has 2 N–H and O–H groups in total. The van der Waals surface area contributed by atoms with Gasteiger partial charge in [0.05, 0.1) is 6.42 Å². The summed E-state index contributed by atoms with van der Waals surface area (Å²) in [6.45, 7) is 2.78. The highest BCUT2D eigenvalue weighted by Crippen LogP contribution is 2.59. The van der Waals surface area contributed by atoms with Crippen molar-refractivity contribution in [3.05, 3.63) is 0 Å². The summed E-state index contributed by atoms with van der Waals surface area (Å²) in [5.41, 5.74) is 0.249. The summed E-state index contributed by atoms with van der Waals surface area (Å²) in [7, 11) is 0. The van der Waals surface area contributed by atoms with Crippen LogP contribution < -0.4 is 5.32 Å². The molecular formula is C14H22N2O3. The van der Waals surface area contributed by atoms with Crippen LogP contribution in [0.25, 0.3) is 0 Å². The van der Waals surface area contributed by atoms with E-state index >= 15 is 0 Å². The van der Waals surface area contributed by atoms with E-state index in [-0.39, 0.29) is 29.7 Å². The molecule has 2 saturated heterocycles. The van der Waals surface area contributed by atoms with Gasteiger partial charge in [-0.05, 0) is 50.6 Å². The van der Waals surface area contributed by atoms with Gasteiger partial charge < -0.3 is 15.3 Å². The summed E-state index contributed by atoms with van der Waals surface area (Å²) in [5, 5.41) is 12.3. The number of hydrogen-bond acceptors (Lipinski definition) is 3. The van der Waals surface area contributed by atoms with E-state index in [2.05, 4.69) is 5.32 Å². The van der Waals surface area contributed by atoms with Gasteiger partial charge in [0.1, 0.15) is 0 Å². The Labute approximate surface area is 113 Å². The summed E-state index contributed by atoms with van der Waals surface area (Å²) in [6.07, 6.45) is 5.11. The van der Waals surface area contributed by atoms with Crippen LogP contribution in [0.2, 0.25) is 0 Å². The van der Waals surface area contributed by atoms with Gasteiger partial charge in [0, 0.05) is 18.5 Å². The number of carboxylic acid groups (broad SMARTS) is 1. The van der Waals surface area contributed by atoms with Crippen LogP contribution in [0.4, 0.5) is 0 Å². The zero-order valence-corrected chi connectivity index (χ0v) is 11.2. The predicted octanol–water partition coefficient (Wildman–Crippen LogP) is 0.842. The third-order valence-electron chi connectivity index (χ3n) is 5.16. The van der Waals surface area contributed by atoms with Crippen LogP contribution in [-0.4, -0.2) is 47.6 Å². The highest BCUT2D eigenvalue weighted by atomic mass is 16.4.